The normalized spacial score (nSPS) is 28.6. The van der Waals surface area contributed by atoms with Crippen LogP contribution in [-0.2, 0) is 4.79 Å². The fourth-order valence-electron chi connectivity index (χ4n) is 5.99. The minimum absolute atomic E-state index is 0.0556. The number of nitrogens with zero attached hydrogens (tertiary/aromatic N) is 2. The molecule has 1 saturated heterocycles. The van der Waals surface area contributed by atoms with Crippen LogP contribution in [0.5, 0.6) is 0 Å². The lowest BCUT2D eigenvalue weighted by Gasteiger charge is -2.39. The Bertz CT molecular complexity index is 832. The number of carbonyl (C=O) groups excluding carboxylic acids is 3. The second-order valence-corrected chi connectivity index (χ2v) is 11.0. The molecule has 3 atom stereocenters. The van der Waals surface area contributed by atoms with E-state index in [2.05, 4.69) is 20.8 Å². The van der Waals surface area contributed by atoms with Crippen LogP contribution in [0.3, 0.4) is 0 Å². The molecule has 0 N–H and O–H groups in total. The number of imide groups is 1. The van der Waals surface area contributed by atoms with Crippen LogP contribution in [0.4, 0.5) is 0 Å². The zero-order chi connectivity index (χ0) is 21.0. The molecular formula is C23H30N2O3S. The third-order valence-corrected chi connectivity index (χ3v) is 7.36. The number of fused-ring (bicyclic) bond motifs is 3. The van der Waals surface area contributed by atoms with Gasteiger partial charge in [-0.05, 0) is 60.7 Å². The quantitative estimate of drug-likeness (QED) is 0.687. The van der Waals surface area contributed by atoms with Crippen molar-refractivity contribution in [2.75, 3.05) is 18.6 Å². The third-order valence-electron chi connectivity index (χ3n) is 6.72. The van der Waals surface area contributed by atoms with E-state index in [0.717, 1.165) is 31.6 Å². The summed E-state index contributed by atoms with van der Waals surface area (Å²) in [5.41, 5.74) is 1.14. The largest absolute Gasteiger partial charge is 0.337 e. The molecule has 29 heavy (non-hydrogen) atoms. The van der Waals surface area contributed by atoms with Crippen molar-refractivity contribution in [1.29, 1.82) is 0 Å². The molecular weight excluding hydrogens is 384 g/mol. The van der Waals surface area contributed by atoms with Gasteiger partial charge in [0.2, 0.25) is 5.91 Å². The number of hydrogen-bond acceptors (Lipinski definition) is 4. The highest BCUT2D eigenvalue weighted by Crippen LogP contribution is 2.52. The number of likely N-dealkylation sites (tertiary alicyclic amines) is 1. The first-order valence-electron chi connectivity index (χ1n) is 10.4. The highest BCUT2D eigenvalue weighted by molar-refractivity contribution is 7.98. The molecule has 1 aromatic carbocycles. The van der Waals surface area contributed by atoms with Crippen LogP contribution in [0, 0.1) is 10.8 Å². The summed E-state index contributed by atoms with van der Waals surface area (Å²) >= 11 is 1.63. The summed E-state index contributed by atoms with van der Waals surface area (Å²) in [7, 11) is 0. The number of hydrogen-bond donors (Lipinski definition) is 0. The zero-order valence-corrected chi connectivity index (χ0v) is 18.6. The van der Waals surface area contributed by atoms with Crippen molar-refractivity contribution < 1.29 is 14.4 Å². The van der Waals surface area contributed by atoms with E-state index in [4.69, 9.17) is 0 Å². The molecule has 156 valence electrons. The lowest BCUT2D eigenvalue weighted by molar-refractivity contribution is -0.136. The zero-order valence-electron chi connectivity index (χ0n) is 17.7. The molecule has 2 fully saturated rings. The summed E-state index contributed by atoms with van der Waals surface area (Å²) in [4.78, 5) is 43.1. The van der Waals surface area contributed by atoms with Crippen LogP contribution in [0.25, 0.3) is 0 Å². The maximum absolute atomic E-state index is 13.7. The monoisotopic (exact) mass is 414 g/mol. The number of thioether (sulfide) groups is 1. The van der Waals surface area contributed by atoms with Gasteiger partial charge in [0.05, 0.1) is 11.1 Å². The molecule has 1 aromatic rings. The molecule has 3 amide bonds. The summed E-state index contributed by atoms with van der Waals surface area (Å²) in [5, 5.41) is 0. The molecule has 5 nitrogen and oxygen atoms in total. The van der Waals surface area contributed by atoms with E-state index in [9.17, 15) is 14.4 Å². The Morgan fingerprint density at radius 3 is 2.34 bits per heavy atom. The van der Waals surface area contributed by atoms with Gasteiger partial charge in [-0.1, -0.05) is 32.9 Å². The van der Waals surface area contributed by atoms with Crippen molar-refractivity contribution in [2.24, 2.45) is 10.8 Å². The maximum atomic E-state index is 13.7. The topological polar surface area (TPSA) is 57.7 Å². The van der Waals surface area contributed by atoms with Gasteiger partial charge in [0.25, 0.3) is 11.8 Å². The van der Waals surface area contributed by atoms with Gasteiger partial charge in [-0.15, -0.1) is 0 Å². The maximum Gasteiger partial charge on any atom is 0.262 e. The molecule has 0 unspecified atom stereocenters. The second-order valence-electron chi connectivity index (χ2n) is 10.0. The Labute approximate surface area is 177 Å². The molecule has 2 aliphatic heterocycles. The van der Waals surface area contributed by atoms with E-state index in [0.29, 0.717) is 17.5 Å². The fraction of sp³-hybridized carbons (Fsp3) is 0.609. The first-order chi connectivity index (χ1) is 13.7. The molecule has 1 saturated carbocycles. The average molecular weight is 415 g/mol. The lowest BCUT2D eigenvalue weighted by atomic mass is 9.65. The van der Waals surface area contributed by atoms with Crippen LogP contribution < -0.4 is 0 Å². The summed E-state index contributed by atoms with van der Waals surface area (Å²) in [6, 6.07) is 6.36. The van der Waals surface area contributed by atoms with Crippen molar-refractivity contribution in [3.05, 3.63) is 35.4 Å². The van der Waals surface area contributed by atoms with Gasteiger partial charge in [-0.3, -0.25) is 19.3 Å². The Morgan fingerprint density at radius 2 is 1.76 bits per heavy atom. The average Bonchev–Trinajstić information content (AvgIpc) is 3.05. The van der Waals surface area contributed by atoms with Crippen molar-refractivity contribution in [3.63, 3.8) is 0 Å². The SMILES string of the molecule is CSCC[C@H](C(=O)N1C[C@]2(C)C[C@H]1CC(C)(C)C2)N1C(=O)c2ccccc2C1=O. The van der Waals surface area contributed by atoms with Crippen molar-refractivity contribution in [3.8, 4) is 0 Å². The summed E-state index contributed by atoms with van der Waals surface area (Å²) in [6.07, 6.45) is 5.57. The van der Waals surface area contributed by atoms with Gasteiger partial charge in [-0.2, -0.15) is 11.8 Å². The first kappa shape index (κ1) is 20.5. The van der Waals surface area contributed by atoms with E-state index in [1.807, 2.05) is 11.2 Å². The summed E-state index contributed by atoms with van der Waals surface area (Å²) in [6.45, 7) is 7.55. The predicted molar refractivity (Wildman–Crippen MR) is 115 cm³/mol. The third kappa shape index (κ3) is 3.49. The molecule has 0 aromatic heterocycles. The highest BCUT2D eigenvalue weighted by atomic mass is 32.2. The van der Waals surface area contributed by atoms with Crippen LogP contribution in [0.2, 0.25) is 0 Å². The van der Waals surface area contributed by atoms with Gasteiger partial charge in [0.15, 0.2) is 0 Å². The van der Waals surface area contributed by atoms with Crippen LogP contribution >= 0.6 is 11.8 Å². The van der Waals surface area contributed by atoms with Crippen molar-refractivity contribution in [1.82, 2.24) is 9.80 Å². The van der Waals surface area contributed by atoms with Gasteiger partial charge >= 0.3 is 0 Å². The Morgan fingerprint density at radius 1 is 1.14 bits per heavy atom. The van der Waals surface area contributed by atoms with E-state index >= 15 is 0 Å². The molecule has 6 heteroatoms. The predicted octanol–water partition coefficient (Wildman–Crippen LogP) is 3.83. The molecule has 3 aliphatic rings. The molecule has 1 aliphatic carbocycles. The van der Waals surface area contributed by atoms with Gasteiger partial charge < -0.3 is 4.90 Å². The van der Waals surface area contributed by atoms with E-state index in [1.54, 1.807) is 36.0 Å². The summed E-state index contributed by atoms with van der Waals surface area (Å²) in [5.74, 6) is 0.00273. The van der Waals surface area contributed by atoms with E-state index in [-0.39, 0.29) is 34.6 Å². The van der Waals surface area contributed by atoms with Gasteiger partial charge in [0.1, 0.15) is 6.04 Å². The van der Waals surface area contributed by atoms with Crippen molar-refractivity contribution >= 4 is 29.5 Å². The van der Waals surface area contributed by atoms with Gasteiger partial charge in [-0.25, -0.2) is 0 Å². The molecule has 2 heterocycles. The fourth-order valence-corrected chi connectivity index (χ4v) is 6.45. The minimum Gasteiger partial charge on any atom is -0.337 e. The van der Waals surface area contributed by atoms with Crippen LogP contribution in [0.1, 0.15) is 67.2 Å². The Balaban J connectivity index is 1.64. The van der Waals surface area contributed by atoms with Gasteiger partial charge in [0, 0.05) is 12.6 Å². The van der Waals surface area contributed by atoms with Crippen LogP contribution in [0.15, 0.2) is 24.3 Å². The lowest BCUT2D eigenvalue weighted by Crippen LogP contribution is -2.52. The van der Waals surface area contributed by atoms with E-state index in [1.165, 1.54) is 4.90 Å². The minimum atomic E-state index is -0.721. The van der Waals surface area contributed by atoms with E-state index < -0.39 is 6.04 Å². The number of carbonyl (C=O) groups is 3. The number of benzene rings is 1. The standard InChI is InChI=1S/C23H30N2O3S/c1-22(2)11-15-12-23(3,13-22)14-24(15)21(28)18(9-10-29-4)25-19(26)16-7-5-6-8-17(16)20(25)27/h5-8,15,18H,9-14H2,1-4H3/t15-,18-,23-/m1/s1. The second kappa shape index (κ2) is 7.15. The first-order valence-corrected chi connectivity index (χ1v) is 11.8. The molecule has 4 rings (SSSR count). The number of amides is 3. The summed E-state index contributed by atoms with van der Waals surface area (Å²) < 4.78 is 0. The number of rotatable bonds is 5. The van der Waals surface area contributed by atoms with Crippen molar-refractivity contribution in [2.45, 2.75) is 58.5 Å². The Hall–Kier alpha value is -1.82. The smallest absolute Gasteiger partial charge is 0.262 e. The van der Waals surface area contributed by atoms with Crippen LogP contribution in [-0.4, -0.2) is 58.2 Å². The highest BCUT2D eigenvalue weighted by Gasteiger charge is 2.53. The Kier molecular flexibility index (Phi) is 5.04. The molecule has 0 spiro atoms. The molecule has 0 radical (unpaired) electrons. The molecule has 2 bridgehead atoms.